The highest BCUT2D eigenvalue weighted by Crippen LogP contribution is 2.21. The lowest BCUT2D eigenvalue weighted by molar-refractivity contribution is 0.0178. The summed E-state index contributed by atoms with van der Waals surface area (Å²) in [7, 11) is 0. The second kappa shape index (κ2) is 5.45. The molecule has 0 unspecified atom stereocenters. The molecule has 0 spiro atoms. The molecule has 104 valence electrons. The Morgan fingerprint density at radius 2 is 2.22 bits per heavy atom. The number of amides is 1. The highest BCUT2D eigenvalue weighted by molar-refractivity contribution is 5.68. The number of hydrogen-bond acceptors (Lipinski definition) is 4. The van der Waals surface area contributed by atoms with Crippen molar-refractivity contribution in [3.63, 3.8) is 0 Å². The van der Waals surface area contributed by atoms with Crippen molar-refractivity contribution in [2.24, 2.45) is 5.92 Å². The van der Waals surface area contributed by atoms with Crippen molar-refractivity contribution >= 4 is 6.09 Å². The SMILES string of the molecule is CC(C)(C)OC(=O)N1CCO[C@H]2CNCC[C@H]2C1. The van der Waals surface area contributed by atoms with Gasteiger partial charge in [-0.05, 0) is 33.7 Å². The van der Waals surface area contributed by atoms with Gasteiger partial charge in [0, 0.05) is 25.6 Å². The van der Waals surface area contributed by atoms with Gasteiger partial charge >= 0.3 is 6.09 Å². The molecule has 0 saturated carbocycles. The van der Waals surface area contributed by atoms with Crippen molar-refractivity contribution in [2.45, 2.75) is 38.9 Å². The second-order valence-corrected chi connectivity index (χ2v) is 6.09. The van der Waals surface area contributed by atoms with Gasteiger partial charge in [-0.25, -0.2) is 4.79 Å². The summed E-state index contributed by atoms with van der Waals surface area (Å²) in [6.07, 6.45) is 1.08. The topological polar surface area (TPSA) is 50.8 Å². The fourth-order valence-corrected chi connectivity index (χ4v) is 2.47. The molecule has 2 rings (SSSR count). The summed E-state index contributed by atoms with van der Waals surface area (Å²) in [5.41, 5.74) is -0.433. The Kier molecular flexibility index (Phi) is 4.12. The Bertz CT molecular complexity index is 301. The minimum absolute atomic E-state index is 0.217. The minimum Gasteiger partial charge on any atom is -0.444 e. The average molecular weight is 256 g/mol. The van der Waals surface area contributed by atoms with E-state index in [1.54, 1.807) is 4.90 Å². The number of carbonyl (C=O) groups is 1. The standard InChI is InChI=1S/C13H24N2O3/c1-13(2,3)18-12(16)15-6-7-17-11-8-14-5-4-10(11)9-15/h10-11,14H,4-9H2,1-3H3/t10-,11-/m0/s1. The fraction of sp³-hybridized carbons (Fsp3) is 0.923. The molecule has 0 radical (unpaired) electrons. The number of rotatable bonds is 0. The highest BCUT2D eigenvalue weighted by atomic mass is 16.6. The normalized spacial score (nSPS) is 29.4. The van der Waals surface area contributed by atoms with Crippen LogP contribution in [-0.4, -0.2) is 55.5 Å². The second-order valence-electron chi connectivity index (χ2n) is 6.09. The monoisotopic (exact) mass is 256 g/mol. The van der Waals surface area contributed by atoms with Gasteiger partial charge in [0.2, 0.25) is 0 Å². The minimum atomic E-state index is -0.433. The van der Waals surface area contributed by atoms with Gasteiger partial charge in [-0.15, -0.1) is 0 Å². The maximum Gasteiger partial charge on any atom is 0.410 e. The maximum absolute atomic E-state index is 12.1. The summed E-state index contributed by atoms with van der Waals surface area (Å²) in [5.74, 6) is 0.432. The van der Waals surface area contributed by atoms with Crippen molar-refractivity contribution in [1.29, 1.82) is 0 Å². The van der Waals surface area contributed by atoms with Gasteiger partial charge in [0.25, 0.3) is 0 Å². The molecule has 0 aromatic rings. The van der Waals surface area contributed by atoms with E-state index in [0.717, 1.165) is 26.1 Å². The summed E-state index contributed by atoms with van der Waals surface area (Å²) in [4.78, 5) is 13.9. The maximum atomic E-state index is 12.1. The van der Waals surface area contributed by atoms with Crippen LogP contribution < -0.4 is 5.32 Å². The lowest BCUT2D eigenvalue weighted by Gasteiger charge is -2.32. The van der Waals surface area contributed by atoms with E-state index >= 15 is 0 Å². The Labute approximate surface area is 109 Å². The molecular weight excluding hydrogens is 232 g/mol. The Balaban J connectivity index is 1.95. The van der Waals surface area contributed by atoms with Crippen LogP contribution >= 0.6 is 0 Å². The Morgan fingerprint density at radius 3 is 2.94 bits per heavy atom. The number of ether oxygens (including phenoxy) is 2. The van der Waals surface area contributed by atoms with Crippen LogP contribution in [0, 0.1) is 5.92 Å². The lowest BCUT2D eigenvalue weighted by atomic mass is 9.95. The summed E-state index contributed by atoms with van der Waals surface area (Å²) in [6.45, 7) is 9.57. The first-order valence-corrected chi connectivity index (χ1v) is 6.76. The number of fused-ring (bicyclic) bond motifs is 1. The zero-order valence-corrected chi connectivity index (χ0v) is 11.6. The molecule has 5 nitrogen and oxygen atoms in total. The lowest BCUT2D eigenvalue weighted by Crippen LogP contribution is -2.46. The number of hydrogen-bond donors (Lipinski definition) is 1. The van der Waals surface area contributed by atoms with E-state index in [1.807, 2.05) is 20.8 Å². The molecule has 0 aliphatic carbocycles. The van der Waals surface area contributed by atoms with Crippen LogP contribution in [0.4, 0.5) is 4.79 Å². The summed E-state index contributed by atoms with van der Waals surface area (Å²) in [5, 5.41) is 3.33. The molecule has 0 bridgehead atoms. The first kappa shape index (κ1) is 13.6. The van der Waals surface area contributed by atoms with E-state index in [2.05, 4.69) is 5.32 Å². The van der Waals surface area contributed by atoms with Gasteiger partial charge in [-0.2, -0.15) is 0 Å². The smallest absolute Gasteiger partial charge is 0.410 e. The van der Waals surface area contributed by atoms with Crippen LogP contribution in [-0.2, 0) is 9.47 Å². The van der Waals surface area contributed by atoms with Crippen LogP contribution in [0.1, 0.15) is 27.2 Å². The zero-order chi connectivity index (χ0) is 13.2. The zero-order valence-electron chi connectivity index (χ0n) is 11.6. The van der Waals surface area contributed by atoms with Crippen LogP contribution in [0.15, 0.2) is 0 Å². The van der Waals surface area contributed by atoms with Gasteiger partial charge in [0.05, 0.1) is 12.7 Å². The van der Waals surface area contributed by atoms with E-state index in [4.69, 9.17) is 9.47 Å². The van der Waals surface area contributed by atoms with Crippen LogP contribution in [0.25, 0.3) is 0 Å². The third-order valence-corrected chi connectivity index (χ3v) is 3.36. The van der Waals surface area contributed by atoms with Crippen molar-refractivity contribution in [3.05, 3.63) is 0 Å². The van der Waals surface area contributed by atoms with Crippen molar-refractivity contribution in [2.75, 3.05) is 32.8 Å². The predicted molar refractivity (Wildman–Crippen MR) is 68.5 cm³/mol. The number of carbonyl (C=O) groups excluding carboxylic acids is 1. The largest absolute Gasteiger partial charge is 0.444 e. The molecule has 5 heteroatoms. The molecule has 18 heavy (non-hydrogen) atoms. The van der Waals surface area contributed by atoms with Crippen LogP contribution in [0.5, 0.6) is 0 Å². The van der Waals surface area contributed by atoms with Gasteiger partial charge in [-0.1, -0.05) is 0 Å². The molecule has 0 aromatic heterocycles. The quantitative estimate of drug-likeness (QED) is 0.708. The molecule has 2 atom stereocenters. The molecule has 2 aliphatic rings. The van der Waals surface area contributed by atoms with E-state index in [0.29, 0.717) is 19.1 Å². The fourth-order valence-electron chi connectivity index (χ4n) is 2.47. The molecule has 0 aromatic carbocycles. The molecule has 1 amide bonds. The van der Waals surface area contributed by atoms with Gasteiger partial charge in [0.15, 0.2) is 0 Å². The van der Waals surface area contributed by atoms with E-state index in [9.17, 15) is 4.79 Å². The van der Waals surface area contributed by atoms with Crippen molar-refractivity contribution in [3.8, 4) is 0 Å². The third kappa shape index (κ3) is 3.59. The number of nitrogens with zero attached hydrogens (tertiary/aromatic N) is 1. The van der Waals surface area contributed by atoms with Gasteiger partial charge in [0.1, 0.15) is 5.60 Å². The molecule has 2 heterocycles. The van der Waals surface area contributed by atoms with Gasteiger partial charge < -0.3 is 19.7 Å². The van der Waals surface area contributed by atoms with Crippen molar-refractivity contribution in [1.82, 2.24) is 10.2 Å². The first-order valence-electron chi connectivity index (χ1n) is 6.76. The first-order chi connectivity index (χ1) is 8.46. The van der Waals surface area contributed by atoms with E-state index < -0.39 is 5.60 Å². The summed E-state index contributed by atoms with van der Waals surface area (Å²) < 4.78 is 11.2. The third-order valence-electron chi connectivity index (χ3n) is 3.36. The van der Waals surface area contributed by atoms with E-state index in [1.165, 1.54) is 0 Å². The molecule has 2 aliphatic heterocycles. The van der Waals surface area contributed by atoms with E-state index in [-0.39, 0.29) is 12.2 Å². The highest BCUT2D eigenvalue weighted by Gasteiger charge is 2.33. The molecular formula is C13H24N2O3. The average Bonchev–Trinajstić information content (AvgIpc) is 2.48. The summed E-state index contributed by atoms with van der Waals surface area (Å²) >= 11 is 0. The van der Waals surface area contributed by atoms with Gasteiger partial charge in [-0.3, -0.25) is 0 Å². The Hall–Kier alpha value is -0.810. The molecule has 1 N–H and O–H groups in total. The molecule has 2 fully saturated rings. The predicted octanol–water partition coefficient (Wildman–Crippen LogP) is 1.23. The number of nitrogens with one attached hydrogen (secondary N) is 1. The van der Waals surface area contributed by atoms with Crippen LogP contribution in [0.2, 0.25) is 0 Å². The molecule has 2 saturated heterocycles. The Morgan fingerprint density at radius 1 is 1.44 bits per heavy atom. The summed E-state index contributed by atoms with van der Waals surface area (Å²) in [6, 6.07) is 0. The number of piperidine rings is 1. The van der Waals surface area contributed by atoms with Crippen molar-refractivity contribution < 1.29 is 14.3 Å². The van der Waals surface area contributed by atoms with Crippen LogP contribution in [0.3, 0.4) is 0 Å².